The molecule has 0 bridgehead atoms. The van der Waals surface area contributed by atoms with Gasteiger partial charge in [-0.3, -0.25) is 0 Å². The minimum Gasteiger partial charge on any atom is -0.444 e. The van der Waals surface area contributed by atoms with Crippen LogP contribution < -0.4 is 0 Å². The lowest BCUT2D eigenvalue weighted by Gasteiger charge is -2.25. The van der Waals surface area contributed by atoms with Crippen LogP contribution in [0.15, 0.2) is 34.9 Å². The lowest BCUT2D eigenvalue weighted by Crippen LogP contribution is -2.39. The SMILES string of the molecule is CN(C)S(=O)(=O)N1CCC[C@H]1c1ncc(Cc2ccccc2Cl)o1. The van der Waals surface area contributed by atoms with Crippen LogP contribution >= 0.6 is 11.6 Å². The van der Waals surface area contributed by atoms with E-state index in [4.69, 9.17) is 16.0 Å². The number of benzene rings is 1. The van der Waals surface area contributed by atoms with E-state index in [2.05, 4.69) is 4.98 Å². The molecule has 130 valence electrons. The summed E-state index contributed by atoms with van der Waals surface area (Å²) in [6.07, 6.45) is 3.68. The van der Waals surface area contributed by atoms with Gasteiger partial charge in [0.05, 0.1) is 6.20 Å². The Morgan fingerprint density at radius 2 is 2.12 bits per heavy atom. The number of aromatic nitrogens is 1. The predicted molar refractivity (Wildman–Crippen MR) is 92.0 cm³/mol. The third-order valence-electron chi connectivity index (χ3n) is 4.14. The van der Waals surface area contributed by atoms with Gasteiger partial charge in [-0.2, -0.15) is 17.0 Å². The molecule has 0 aliphatic carbocycles. The fourth-order valence-corrected chi connectivity index (χ4v) is 4.36. The first kappa shape index (κ1) is 17.4. The van der Waals surface area contributed by atoms with Gasteiger partial charge >= 0.3 is 0 Å². The van der Waals surface area contributed by atoms with Crippen LogP contribution in [0, 0.1) is 0 Å². The van der Waals surface area contributed by atoms with Gasteiger partial charge in [0, 0.05) is 32.1 Å². The normalized spacial score (nSPS) is 19.2. The zero-order valence-electron chi connectivity index (χ0n) is 13.6. The molecule has 1 aliphatic heterocycles. The third kappa shape index (κ3) is 3.35. The van der Waals surface area contributed by atoms with E-state index in [9.17, 15) is 8.42 Å². The number of nitrogens with zero attached hydrogens (tertiary/aromatic N) is 3. The second-order valence-electron chi connectivity index (χ2n) is 5.99. The lowest BCUT2D eigenvalue weighted by molar-refractivity contribution is 0.306. The highest BCUT2D eigenvalue weighted by Crippen LogP contribution is 2.34. The molecule has 8 heteroatoms. The fraction of sp³-hybridized carbons (Fsp3) is 0.438. The maximum Gasteiger partial charge on any atom is 0.282 e. The van der Waals surface area contributed by atoms with E-state index in [0.29, 0.717) is 36.1 Å². The number of hydrogen-bond acceptors (Lipinski definition) is 4. The summed E-state index contributed by atoms with van der Waals surface area (Å²) in [5.74, 6) is 1.12. The number of hydrogen-bond donors (Lipinski definition) is 0. The molecule has 1 fully saturated rings. The molecular weight excluding hydrogens is 350 g/mol. The van der Waals surface area contributed by atoms with Crippen LogP contribution in [0.1, 0.15) is 36.1 Å². The molecule has 2 aromatic rings. The summed E-state index contributed by atoms with van der Waals surface area (Å²) in [7, 11) is -0.423. The minimum absolute atomic E-state index is 0.350. The van der Waals surface area contributed by atoms with Gasteiger partial charge in [0.1, 0.15) is 11.8 Å². The van der Waals surface area contributed by atoms with Crippen molar-refractivity contribution in [2.24, 2.45) is 0 Å². The highest BCUT2D eigenvalue weighted by Gasteiger charge is 2.39. The van der Waals surface area contributed by atoms with E-state index in [0.717, 1.165) is 12.0 Å². The molecule has 0 spiro atoms. The van der Waals surface area contributed by atoms with Crippen molar-refractivity contribution in [1.82, 2.24) is 13.6 Å². The van der Waals surface area contributed by atoms with Gasteiger partial charge in [0.2, 0.25) is 5.89 Å². The Morgan fingerprint density at radius 3 is 2.83 bits per heavy atom. The number of halogens is 1. The average molecular weight is 370 g/mol. The molecule has 0 saturated carbocycles. The second-order valence-corrected chi connectivity index (χ2v) is 8.49. The Bertz CT molecular complexity index is 819. The van der Waals surface area contributed by atoms with Crippen molar-refractivity contribution in [2.45, 2.75) is 25.3 Å². The maximum absolute atomic E-state index is 12.4. The van der Waals surface area contributed by atoms with E-state index in [1.807, 2.05) is 24.3 Å². The molecule has 6 nitrogen and oxygen atoms in total. The second kappa shape index (κ2) is 6.84. The Morgan fingerprint density at radius 1 is 1.38 bits per heavy atom. The van der Waals surface area contributed by atoms with Crippen molar-refractivity contribution in [3.8, 4) is 0 Å². The Hall–Kier alpha value is -1.41. The van der Waals surface area contributed by atoms with Gasteiger partial charge in [-0.25, -0.2) is 4.98 Å². The molecule has 1 aliphatic rings. The highest BCUT2D eigenvalue weighted by atomic mass is 35.5. The zero-order chi connectivity index (χ0) is 17.3. The van der Waals surface area contributed by atoms with E-state index in [1.54, 1.807) is 6.20 Å². The van der Waals surface area contributed by atoms with Crippen molar-refractivity contribution in [1.29, 1.82) is 0 Å². The van der Waals surface area contributed by atoms with Gasteiger partial charge in [-0.15, -0.1) is 0 Å². The molecule has 1 aromatic carbocycles. The molecule has 0 radical (unpaired) electrons. The van der Waals surface area contributed by atoms with Crippen LogP contribution in [0.4, 0.5) is 0 Å². The van der Waals surface area contributed by atoms with Crippen molar-refractivity contribution in [3.05, 3.63) is 52.7 Å². The number of rotatable bonds is 5. The summed E-state index contributed by atoms with van der Waals surface area (Å²) in [6.45, 7) is 0.480. The topological polar surface area (TPSA) is 66.7 Å². The molecule has 0 N–H and O–H groups in total. The van der Waals surface area contributed by atoms with E-state index in [1.165, 1.54) is 22.7 Å². The van der Waals surface area contributed by atoms with Crippen LogP contribution in [0.2, 0.25) is 5.02 Å². The standard InChI is InChI=1S/C16H20ClN3O3S/c1-19(2)24(21,22)20-9-5-8-15(20)16-18-11-13(23-16)10-12-6-3-4-7-14(12)17/h3-4,6-7,11,15H,5,8-10H2,1-2H3/t15-/m0/s1. The first-order valence-electron chi connectivity index (χ1n) is 7.77. The molecule has 1 atom stereocenters. The van der Waals surface area contributed by atoms with Crippen LogP contribution in [0.3, 0.4) is 0 Å². The lowest BCUT2D eigenvalue weighted by atomic mass is 10.1. The van der Waals surface area contributed by atoms with Crippen LogP contribution in [0.25, 0.3) is 0 Å². The van der Waals surface area contributed by atoms with Gasteiger partial charge in [0.25, 0.3) is 10.2 Å². The van der Waals surface area contributed by atoms with Crippen molar-refractivity contribution in [3.63, 3.8) is 0 Å². The van der Waals surface area contributed by atoms with Gasteiger partial charge in [0.15, 0.2) is 0 Å². The molecule has 0 unspecified atom stereocenters. The summed E-state index contributed by atoms with van der Waals surface area (Å²) in [6, 6.07) is 7.21. The van der Waals surface area contributed by atoms with Crippen LogP contribution in [-0.4, -0.2) is 42.7 Å². The van der Waals surface area contributed by atoms with Gasteiger partial charge in [-0.1, -0.05) is 29.8 Å². The molecular formula is C16H20ClN3O3S. The van der Waals surface area contributed by atoms with Gasteiger partial charge in [-0.05, 0) is 24.5 Å². The van der Waals surface area contributed by atoms with E-state index >= 15 is 0 Å². The third-order valence-corrected chi connectivity index (χ3v) is 6.46. The largest absolute Gasteiger partial charge is 0.444 e. The summed E-state index contributed by atoms with van der Waals surface area (Å²) in [5.41, 5.74) is 0.950. The van der Waals surface area contributed by atoms with Crippen molar-refractivity contribution in [2.75, 3.05) is 20.6 Å². The van der Waals surface area contributed by atoms with Crippen LogP contribution in [-0.2, 0) is 16.6 Å². The zero-order valence-corrected chi connectivity index (χ0v) is 15.2. The summed E-state index contributed by atoms with van der Waals surface area (Å²) < 4.78 is 33.4. The highest BCUT2D eigenvalue weighted by molar-refractivity contribution is 7.86. The molecule has 1 aromatic heterocycles. The van der Waals surface area contributed by atoms with E-state index in [-0.39, 0.29) is 6.04 Å². The predicted octanol–water partition coefficient (Wildman–Crippen LogP) is 2.86. The first-order valence-corrected chi connectivity index (χ1v) is 9.54. The molecule has 3 rings (SSSR count). The van der Waals surface area contributed by atoms with Crippen molar-refractivity contribution >= 4 is 21.8 Å². The molecule has 0 amide bonds. The Kier molecular flexibility index (Phi) is 4.96. The summed E-state index contributed by atoms with van der Waals surface area (Å²) in [4.78, 5) is 4.31. The van der Waals surface area contributed by atoms with Gasteiger partial charge < -0.3 is 4.42 Å². The average Bonchev–Trinajstić information content (AvgIpc) is 3.18. The monoisotopic (exact) mass is 369 g/mol. The minimum atomic E-state index is -3.48. The smallest absolute Gasteiger partial charge is 0.282 e. The van der Waals surface area contributed by atoms with Crippen molar-refractivity contribution < 1.29 is 12.8 Å². The summed E-state index contributed by atoms with van der Waals surface area (Å²) in [5, 5.41) is 0.674. The maximum atomic E-state index is 12.4. The molecule has 2 heterocycles. The fourth-order valence-electron chi connectivity index (χ4n) is 2.86. The Balaban J connectivity index is 1.81. The Labute approximate surface area is 147 Å². The molecule has 1 saturated heterocycles. The number of oxazole rings is 1. The van der Waals surface area contributed by atoms with E-state index < -0.39 is 10.2 Å². The van der Waals surface area contributed by atoms with Crippen LogP contribution in [0.5, 0.6) is 0 Å². The first-order chi connectivity index (χ1) is 11.4. The molecule has 24 heavy (non-hydrogen) atoms. The summed E-state index contributed by atoms with van der Waals surface area (Å²) >= 11 is 6.17. The quantitative estimate of drug-likeness (QED) is 0.812.